The zero-order chi connectivity index (χ0) is 11.8. The van der Waals surface area contributed by atoms with E-state index in [0.29, 0.717) is 18.6 Å². The van der Waals surface area contributed by atoms with Crippen LogP contribution in [0.1, 0.15) is 39.0 Å². The summed E-state index contributed by atoms with van der Waals surface area (Å²) < 4.78 is 0. The third kappa shape index (κ3) is 2.09. The molecule has 1 aliphatic heterocycles. The molecule has 0 radical (unpaired) electrons. The third-order valence-electron chi connectivity index (χ3n) is 4.16. The maximum atomic E-state index is 11.5. The standard InChI is InChI=1S/C12H22N2O2/c1-9-7-12(11(15)16,8-14(9)2)13-10-5-3-4-6-10/h9-10,13H,3-8H2,1-2H3,(H,15,16). The van der Waals surface area contributed by atoms with E-state index in [2.05, 4.69) is 17.1 Å². The fourth-order valence-electron chi connectivity index (χ4n) is 3.09. The molecule has 2 atom stereocenters. The lowest BCUT2D eigenvalue weighted by atomic mass is 9.95. The maximum absolute atomic E-state index is 11.5. The van der Waals surface area contributed by atoms with Gasteiger partial charge in [-0.05, 0) is 33.2 Å². The normalized spacial score (nSPS) is 37.0. The van der Waals surface area contributed by atoms with Crippen molar-refractivity contribution < 1.29 is 9.90 Å². The molecule has 0 spiro atoms. The van der Waals surface area contributed by atoms with Crippen molar-refractivity contribution in [3.63, 3.8) is 0 Å². The highest BCUT2D eigenvalue weighted by Crippen LogP contribution is 2.29. The smallest absolute Gasteiger partial charge is 0.325 e. The average molecular weight is 226 g/mol. The van der Waals surface area contributed by atoms with E-state index in [4.69, 9.17) is 0 Å². The first-order valence-corrected chi connectivity index (χ1v) is 6.25. The molecule has 2 N–H and O–H groups in total. The molecular weight excluding hydrogens is 204 g/mol. The van der Waals surface area contributed by atoms with E-state index in [1.807, 2.05) is 7.05 Å². The largest absolute Gasteiger partial charge is 0.480 e. The van der Waals surface area contributed by atoms with Gasteiger partial charge in [0.05, 0.1) is 0 Å². The van der Waals surface area contributed by atoms with Gasteiger partial charge >= 0.3 is 5.97 Å². The lowest BCUT2D eigenvalue weighted by molar-refractivity contribution is -0.144. The van der Waals surface area contributed by atoms with E-state index < -0.39 is 11.5 Å². The maximum Gasteiger partial charge on any atom is 0.325 e. The van der Waals surface area contributed by atoms with Crippen molar-refractivity contribution in [2.24, 2.45) is 0 Å². The number of hydrogen-bond acceptors (Lipinski definition) is 3. The average Bonchev–Trinajstić information content (AvgIpc) is 2.77. The van der Waals surface area contributed by atoms with Crippen molar-refractivity contribution in [2.45, 2.75) is 56.7 Å². The number of carboxylic acid groups (broad SMARTS) is 1. The Morgan fingerprint density at radius 2 is 2.06 bits per heavy atom. The van der Waals surface area contributed by atoms with Crippen LogP contribution in [0, 0.1) is 0 Å². The summed E-state index contributed by atoms with van der Waals surface area (Å²) in [6.07, 6.45) is 5.45. The number of nitrogens with one attached hydrogen (secondary N) is 1. The summed E-state index contributed by atoms with van der Waals surface area (Å²) >= 11 is 0. The van der Waals surface area contributed by atoms with Crippen molar-refractivity contribution in [1.82, 2.24) is 10.2 Å². The van der Waals surface area contributed by atoms with Crippen LogP contribution < -0.4 is 5.32 Å². The molecular formula is C12H22N2O2. The summed E-state index contributed by atoms with van der Waals surface area (Å²) in [5.74, 6) is -0.685. The molecule has 0 aromatic heterocycles. The second kappa shape index (κ2) is 4.34. The van der Waals surface area contributed by atoms with Gasteiger partial charge in [-0.25, -0.2) is 0 Å². The molecule has 2 rings (SSSR count). The Labute approximate surface area is 97.0 Å². The number of aliphatic carboxylic acids is 1. The molecule has 2 fully saturated rings. The third-order valence-corrected chi connectivity index (χ3v) is 4.16. The minimum atomic E-state index is -0.705. The summed E-state index contributed by atoms with van der Waals surface area (Å²) in [5.41, 5.74) is -0.705. The molecule has 0 amide bonds. The van der Waals surface area contributed by atoms with Gasteiger partial charge in [0.25, 0.3) is 0 Å². The van der Waals surface area contributed by atoms with E-state index in [1.54, 1.807) is 0 Å². The molecule has 4 heteroatoms. The van der Waals surface area contributed by atoms with Crippen molar-refractivity contribution >= 4 is 5.97 Å². The van der Waals surface area contributed by atoms with Crippen LogP contribution in [0.25, 0.3) is 0 Å². The minimum Gasteiger partial charge on any atom is -0.480 e. The molecule has 2 aliphatic rings. The fraction of sp³-hybridized carbons (Fsp3) is 0.917. The van der Waals surface area contributed by atoms with Crippen LogP contribution in [0.5, 0.6) is 0 Å². The molecule has 1 aliphatic carbocycles. The molecule has 0 aromatic rings. The quantitative estimate of drug-likeness (QED) is 0.755. The van der Waals surface area contributed by atoms with Gasteiger partial charge in [-0.1, -0.05) is 12.8 Å². The molecule has 16 heavy (non-hydrogen) atoms. The van der Waals surface area contributed by atoms with Crippen molar-refractivity contribution in [2.75, 3.05) is 13.6 Å². The Kier molecular flexibility index (Phi) is 3.22. The Bertz CT molecular complexity index is 264. The van der Waals surface area contributed by atoms with Gasteiger partial charge < -0.3 is 10.0 Å². The van der Waals surface area contributed by atoms with Crippen molar-refractivity contribution in [3.8, 4) is 0 Å². The number of likely N-dealkylation sites (N-methyl/N-ethyl adjacent to an activating group) is 1. The van der Waals surface area contributed by atoms with Gasteiger partial charge in [-0.2, -0.15) is 0 Å². The lowest BCUT2D eigenvalue weighted by Gasteiger charge is -2.29. The summed E-state index contributed by atoms with van der Waals surface area (Å²) in [5, 5.41) is 12.9. The van der Waals surface area contributed by atoms with Crippen LogP contribution in [0.3, 0.4) is 0 Å². The number of hydrogen-bond donors (Lipinski definition) is 2. The van der Waals surface area contributed by atoms with Crippen molar-refractivity contribution in [1.29, 1.82) is 0 Å². The van der Waals surface area contributed by atoms with Gasteiger partial charge in [0, 0.05) is 18.6 Å². The van der Waals surface area contributed by atoms with Gasteiger partial charge in [-0.3, -0.25) is 10.1 Å². The fourth-order valence-corrected chi connectivity index (χ4v) is 3.09. The number of likely N-dealkylation sites (tertiary alicyclic amines) is 1. The Morgan fingerprint density at radius 3 is 2.50 bits per heavy atom. The van der Waals surface area contributed by atoms with Crippen LogP contribution in [0.4, 0.5) is 0 Å². The predicted octanol–water partition coefficient (Wildman–Crippen LogP) is 1.07. The van der Waals surface area contributed by atoms with Crippen LogP contribution in [0.15, 0.2) is 0 Å². The zero-order valence-electron chi connectivity index (χ0n) is 10.2. The zero-order valence-corrected chi connectivity index (χ0v) is 10.2. The van der Waals surface area contributed by atoms with Crippen LogP contribution in [-0.2, 0) is 4.79 Å². The van der Waals surface area contributed by atoms with Gasteiger partial charge in [0.2, 0.25) is 0 Å². The molecule has 92 valence electrons. The number of carboxylic acids is 1. The van der Waals surface area contributed by atoms with E-state index in [1.165, 1.54) is 12.8 Å². The number of carbonyl (C=O) groups is 1. The highest BCUT2D eigenvalue weighted by Gasteiger charge is 2.48. The summed E-state index contributed by atoms with van der Waals surface area (Å²) in [7, 11) is 2.01. The lowest BCUT2D eigenvalue weighted by Crippen LogP contribution is -2.57. The molecule has 1 heterocycles. The number of nitrogens with zero attached hydrogens (tertiary/aromatic N) is 1. The molecule has 0 bridgehead atoms. The Balaban J connectivity index is 2.07. The van der Waals surface area contributed by atoms with E-state index in [0.717, 1.165) is 19.3 Å². The monoisotopic (exact) mass is 226 g/mol. The van der Waals surface area contributed by atoms with Gasteiger partial charge in [0.15, 0.2) is 0 Å². The van der Waals surface area contributed by atoms with Crippen molar-refractivity contribution in [3.05, 3.63) is 0 Å². The van der Waals surface area contributed by atoms with E-state index in [-0.39, 0.29) is 0 Å². The van der Waals surface area contributed by atoms with Crippen LogP contribution >= 0.6 is 0 Å². The Hall–Kier alpha value is -0.610. The second-order valence-corrected chi connectivity index (χ2v) is 5.48. The first-order valence-electron chi connectivity index (χ1n) is 6.25. The minimum absolute atomic E-state index is 0.352. The van der Waals surface area contributed by atoms with Gasteiger partial charge in [-0.15, -0.1) is 0 Å². The summed E-state index contributed by atoms with van der Waals surface area (Å²) in [6.45, 7) is 2.72. The predicted molar refractivity (Wildman–Crippen MR) is 62.5 cm³/mol. The van der Waals surface area contributed by atoms with Crippen LogP contribution in [-0.4, -0.2) is 47.2 Å². The molecule has 0 aromatic carbocycles. The van der Waals surface area contributed by atoms with Crippen LogP contribution in [0.2, 0.25) is 0 Å². The SMILES string of the molecule is CC1CC(NC2CCCC2)(C(=O)O)CN1C. The second-order valence-electron chi connectivity index (χ2n) is 5.48. The van der Waals surface area contributed by atoms with E-state index >= 15 is 0 Å². The number of rotatable bonds is 3. The van der Waals surface area contributed by atoms with E-state index in [9.17, 15) is 9.90 Å². The highest BCUT2D eigenvalue weighted by atomic mass is 16.4. The Morgan fingerprint density at radius 1 is 1.44 bits per heavy atom. The van der Waals surface area contributed by atoms with Gasteiger partial charge in [0.1, 0.15) is 5.54 Å². The molecule has 1 saturated heterocycles. The first-order chi connectivity index (χ1) is 7.53. The summed E-state index contributed by atoms with van der Waals surface area (Å²) in [6, 6.07) is 0.764. The highest BCUT2D eigenvalue weighted by molar-refractivity contribution is 5.80. The molecule has 4 nitrogen and oxygen atoms in total. The molecule has 1 saturated carbocycles. The first kappa shape index (κ1) is 11.9. The molecule has 2 unspecified atom stereocenters. The topological polar surface area (TPSA) is 52.6 Å². The summed E-state index contributed by atoms with van der Waals surface area (Å²) in [4.78, 5) is 13.6.